The van der Waals surface area contributed by atoms with Crippen molar-refractivity contribution in [1.29, 1.82) is 5.26 Å². The number of nitrogens with zero attached hydrogens (tertiary/aromatic N) is 3. The summed E-state index contributed by atoms with van der Waals surface area (Å²) in [5.41, 5.74) is 1.14. The molecule has 0 spiro atoms. The maximum atomic E-state index is 12.3. The van der Waals surface area contributed by atoms with Gasteiger partial charge in [0.2, 0.25) is 0 Å². The maximum Gasteiger partial charge on any atom is 0.258 e. The van der Waals surface area contributed by atoms with Crippen molar-refractivity contribution >= 4 is 38.2 Å². The van der Waals surface area contributed by atoms with Gasteiger partial charge in [0.25, 0.3) is 5.91 Å². The third-order valence-corrected chi connectivity index (χ3v) is 4.22. The Labute approximate surface area is 123 Å². The summed E-state index contributed by atoms with van der Waals surface area (Å²) in [6.07, 6.45) is 1.76. The Hall–Kier alpha value is -1.71. The number of thiophene rings is 1. The molecule has 6 heteroatoms. The molecule has 0 saturated heterocycles. The molecular formula is C13H10BrN3OS. The average molecular weight is 336 g/mol. The van der Waals surface area contributed by atoms with E-state index in [0.717, 1.165) is 8.79 Å². The van der Waals surface area contributed by atoms with Gasteiger partial charge in [0.15, 0.2) is 0 Å². The number of anilines is 1. The Morgan fingerprint density at radius 2 is 2.32 bits per heavy atom. The van der Waals surface area contributed by atoms with Crippen molar-refractivity contribution in [1.82, 2.24) is 4.98 Å². The van der Waals surface area contributed by atoms with E-state index in [1.165, 1.54) is 11.3 Å². The molecule has 2 rings (SSSR count). The minimum atomic E-state index is -0.115. The average Bonchev–Trinajstić information content (AvgIpc) is 2.84. The molecule has 0 aliphatic rings. The van der Waals surface area contributed by atoms with Crippen LogP contribution in [0.1, 0.15) is 16.1 Å². The second kappa shape index (κ2) is 5.95. The normalized spacial score (nSPS) is 9.95. The number of hydrogen-bond donors (Lipinski definition) is 0. The van der Waals surface area contributed by atoms with Crippen LogP contribution < -0.4 is 4.90 Å². The molecule has 0 bridgehead atoms. The third-order valence-electron chi connectivity index (χ3n) is 2.52. The SMILES string of the molecule is CN(C(=O)c1ccnc(CC#N)c1)c1ccc(Br)s1. The van der Waals surface area contributed by atoms with Crippen molar-refractivity contribution in [3.05, 3.63) is 45.5 Å². The van der Waals surface area contributed by atoms with Crippen LogP contribution in [-0.4, -0.2) is 17.9 Å². The minimum absolute atomic E-state index is 0.115. The Morgan fingerprint density at radius 1 is 1.53 bits per heavy atom. The van der Waals surface area contributed by atoms with E-state index in [0.29, 0.717) is 11.3 Å². The van der Waals surface area contributed by atoms with Crippen LogP contribution in [0, 0.1) is 11.3 Å². The lowest BCUT2D eigenvalue weighted by Gasteiger charge is -2.15. The highest BCUT2D eigenvalue weighted by Gasteiger charge is 2.15. The molecule has 96 valence electrons. The zero-order valence-corrected chi connectivity index (χ0v) is 12.5. The largest absolute Gasteiger partial charge is 0.303 e. The summed E-state index contributed by atoms with van der Waals surface area (Å²) in [5, 5.41) is 9.51. The van der Waals surface area contributed by atoms with Crippen LogP contribution in [0.25, 0.3) is 0 Å². The number of nitriles is 1. The molecule has 19 heavy (non-hydrogen) atoms. The van der Waals surface area contributed by atoms with Crippen LogP contribution in [-0.2, 0) is 6.42 Å². The standard InChI is InChI=1S/C13H10BrN3OS/c1-17(12-3-2-11(14)19-12)13(18)9-5-7-16-10(8-9)4-6-15/h2-3,5,7-8H,4H2,1H3. The summed E-state index contributed by atoms with van der Waals surface area (Å²) in [5.74, 6) is -0.115. The highest BCUT2D eigenvalue weighted by atomic mass is 79.9. The first kappa shape index (κ1) is 13.7. The summed E-state index contributed by atoms with van der Waals surface area (Å²) < 4.78 is 0.974. The van der Waals surface area contributed by atoms with Gasteiger partial charge in [0.1, 0.15) is 0 Å². The molecule has 0 aliphatic carbocycles. The molecule has 0 fully saturated rings. The van der Waals surface area contributed by atoms with Gasteiger partial charge in [0, 0.05) is 18.8 Å². The van der Waals surface area contributed by atoms with Gasteiger partial charge in [-0.3, -0.25) is 9.78 Å². The monoisotopic (exact) mass is 335 g/mol. The van der Waals surface area contributed by atoms with Gasteiger partial charge in [-0.1, -0.05) is 0 Å². The molecule has 2 aromatic heterocycles. The van der Waals surface area contributed by atoms with Crippen molar-refractivity contribution in [3.8, 4) is 6.07 Å². The molecule has 2 aromatic rings. The first-order valence-electron chi connectivity index (χ1n) is 5.47. The lowest BCUT2D eigenvalue weighted by atomic mass is 10.2. The van der Waals surface area contributed by atoms with E-state index in [2.05, 4.69) is 20.9 Å². The van der Waals surface area contributed by atoms with Gasteiger partial charge in [-0.15, -0.1) is 11.3 Å². The number of aromatic nitrogens is 1. The molecule has 0 aliphatic heterocycles. The zero-order chi connectivity index (χ0) is 13.8. The van der Waals surface area contributed by atoms with Crippen LogP contribution in [0.3, 0.4) is 0 Å². The number of carbonyl (C=O) groups is 1. The second-order valence-electron chi connectivity index (χ2n) is 3.81. The zero-order valence-electron chi connectivity index (χ0n) is 10.1. The Morgan fingerprint density at radius 3 is 2.95 bits per heavy atom. The lowest BCUT2D eigenvalue weighted by Crippen LogP contribution is -2.25. The van der Waals surface area contributed by atoms with E-state index in [1.54, 1.807) is 30.3 Å². The fraction of sp³-hybridized carbons (Fsp3) is 0.154. The highest BCUT2D eigenvalue weighted by Crippen LogP contribution is 2.29. The maximum absolute atomic E-state index is 12.3. The summed E-state index contributed by atoms with van der Waals surface area (Å²) in [6.45, 7) is 0. The van der Waals surface area contributed by atoms with E-state index >= 15 is 0 Å². The predicted octanol–water partition coefficient (Wildman–Crippen LogP) is 3.25. The smallest absolute Gasteiger partial charge is 0.258 e. The number of hydrogen-bond acceptors (Lipinski definition) is 4. The molecular weight excluding hydrogens is 326 g/mol. The molecule has 0 radical (unpaired) electrons. The second-order valence-corrected chi connectivity index (χ2v) is 6.25. The van der Waals surface area contributed by atoms with Crippen molar-refractivity contribution < 1.29 is 4.79 Å². The number of carbonyl (C=O) groups excluding carboxylic acids is 1. The quantitative estimate of drug-likeness (QED) is 0.865. The minimum Gasteiger partial charge on any atom is -0.303 e. The fourth-order valence-corrected chi connectivity index (χ4v) is 2.89. The topological polar surface area (TPSA) is 57.0 Å². The molecule has 2 heterocycles. The third kappa shape index (κ3) is 3.19. The van der Waals surface area contributed by atoms with Crippen LogP contribution >= 0.6 is 27.3 Å². The van der Waals surface area contributed by atoms with Gasteiger partial charge < -0.3 is 4.90 Å². The Balaban J connectivity index is 2.24. The van der Waals surface area contributed by atoms with Crippen molar-refractivity contribution in [2.24, 2.45) is 0 Å². The first-order valence-corrected chi connectivity index (χ1v) is 7.08. The number of rotatable bonds is 3. The van der Waals surface area contributed by atoms with Crippen LogP contribution in [0.5, 0.6) is 0 Å². The van der Waals surface area contributed by atoms with E-state index in [1.807, 2.05) is 18.2 Å². The molecule has 0 N–H and O–H groups in total. The van der Waals surface area contributed by atoms with Crippen LogP contribution in [0.2, 0.25) is 0 Å². The van der Waals surface area contributed by atoms with Crippen molar-refractivity contribution in [2.45, 2.75) is 6.42 Å². The lowest BCUT2D eigenvalue weighted by molar-refractivity contribution is 0.0993. The molecule has 0 saturated carbocycles. The highest BCUT2D eigenvalue weighted by molar-refractivity contribution is 9.11. The fourth-order valence-electron chi connectivity index (χ4n) is 1.57. The molecule has 4 nitrogen and oxygen atoms in total. The van der Waals surface area contributed by atoms with Gasteiger partial charge >= 0.3 is 0 Å². The number of pyridine rings is 1. The molecule has 0 unspecified atom stereocenters. The number of amides is 1. The molecule has 0 atom stereocenters. The van der Waals surface area contributed by atoms with E-state index in [4.69, 9.17) is 5.26 Å². The summed E-state index contributed by atoms with van der Waals surface area (Å²) in [7, 11) is 1.73. The summed E-state index contributed by atoms with van der Waals surface area (Å²) in [4.78, 5) is 18.0. The van der Waals surface area contributed by atoms with E-state index < -0.39 is 0 Å². The summed E-state index contributed by atoms with van der Waals surface area (Å²) in [6, 6.07) is 9.11. The van der Waals surface area contributed by atoms with Crippen molar-refractivity contribution in [2.75, 3.05) is 11.9 Å². The van der Waals surface area contributed by atoms with Crippen LogP contribution in [0.4, 0.5) is 5.00 Å². The summed E-state index contributed by atoms with van der Waals surface area (Å²) >= 11 is 4.86. The molecule has 0 aromatic carbocycles. The number of halogens is 1. The van der Waals surface area contributed by atoms with Gasteiger partial charge in [0.05, 0.1) is 27.0 Å². The van der Waals surface area contributed by atoms with Gasteiger partial charge in [-0.05, 0) is 40.2 Å². The Kier molecular flexibility index (Phi) is 4.30. The first-order chi connectivity index (χ1) is 9.11. The Bertz CT molecular complexity index is 647. The molecule has 1 amide bonds. The van der Waals surface area contributed by atoms with Crippen molar-refractivity contribution in [3.63, 3.8) is 0 Å². The van der Waals surface area contributed by atoms with Gasteiger partial charge in [-0.25, -0.2) is 0 Å². The van der Waals surface area contributed by atoms with Gasteiger partial charge in [-0.2, -0.15) is 5.26 Å². The van der Waals surface area contributed by atoms with Crippen LogP contribution in [0.15, 0.2) is 34.2 Å². The van der Waals surface area contributed by atoms with E-state index in [9.17, 15) is 4.79 Å². The van der Waals surface area contributed by atoms with E-state index in [-0.39, 0.29) is 12.3 Å². The predicted molar refractivity (Wildman–Crippen MR) is 78.3 cm³/mol.